The number of hydrogen-bond donors (Lipinski definition) is 1. The number of hydrogen-bond acceptors (Lipinski definition) is 4. The van der Waals surface area contributed by atoms with E-state index in [4.69, 9.17) is 9.40 Å². The Morgan fingerprint density at radius 1 is 1.19 bits per heavy atom. The summed E-state index contributed by atoms with van der Waals surface area (Å²) in [7, 11) is 2.03. The van der Waals surface area contributed by atoms with E-state index >= 15 is 0 Å². The van der Waals surface area contributed by atoms with Crippen molar-refractivity contribution in [2.24, 2.45) is 0 Å². The summed E-state index contributed by atoms with van der Waals surface area (Å²) in [5, 5.41) is 3.43. The summed E-state index contributed by atoms with van der Waals surface area (Å²) >= 11 is 0. The average molecular weight is 287 g/mol. The molecule has 0 saturated heterocycles. The summed E-state index contributed by atoms with van der Waals surface area (Å²) in [6, 6.07) is 8.70. The zero-order chi connectivity index (χ0) is 15.4. The number of rotatable bonds is 6. The molecule has 0 saturated carbocycles. The largest absolute Gasteiger partial charge is 0.464 e. The van der Waals surface area contributed by atoms with Crippen LogP contribution in [0.25, 0.3) is 0 Å². The minimum absolute atomic E-state index is 0.481. The smallest absolute Gasteiger partial charge is 0.128 e. The lowest BCUT2D eigenvalue weighted by Gasteiger charge is -2.18. The molecule has 0 fully saturated rings. The third-order valence-corrected chi connectivity index (χ3v) is 3.46. The lowest BCUT2D eigenvalue weighted by molar-refractivity contribution is 0.481. The fourth-order valence-corrected chi connectivity index (χ4v) is 2.18. The summed E-state index contributed by atoms with van der Waals surface area (Å²) in [5.41, 5.74) is 2.32. The van der Waals surface area contributed by atoms with Gasteiger partial charge in [0, 0.05) is 25.3 Å². The lowest BCUT2D eigenvalue weighted by atomic mass is 10.2. The molecule has 1 N–H and O–H groups in total. The van der Waals surface area contributed by atoms with E-state index in [1.165, 1.54) is 5.56 Å². The number of anilines is 1. The molecule has 0 aliphatic heterocycles. The van der Waals surface area contributed by atoms with Gasteiger partial charge in [-0.3, -0.25) is 0 Å². The Balaban J connectivity index is 2.04. The molecule has 0 aromatic carbocycles. The van der Waals surface area contributed by atoms with Crippen LogP contribution in [0.2, 0.25) is 0 Å². The van der Waals surface area contributed by atoms with E-state index in [9.17, 15) is 0 Å². The second-order valence-electron chi connectivity index (χ2n) is 5.82. The maximum Gasteiger partial charge on any atom is 0.128 e. The van der Waals surface area contributed by atoms with Crippen LogP contribution in [0.4, 0.5) is 5.82 Å². The van der Waals surface area contributed by atoms with Gasteiger partial charge >= 0.3 is 0 Å². The third kappa shape index (κ3) is 4.33. The van der Waals surface area contributed by atoms with Crippen LogP contribution in [0.3, 0.4) is 0 Å². The minimum atomic E-state index is 0.481. The molecule has 0 aliphatic carbocycles. The molecule has 0 aliphatic rings. The van der Waals surface area contributed by atoms with E-state index in [-0.39, 0.29) is 0 Å². The molecule has 0 radical (unpaired) electrons. The molecule has 0 amide bonds. The normalized spacial score (nSPS) is 11.1. The minimum Gasteiger partial charge on any atom is -0.464 e. The second kappa shape index (κ2) is 6.76. The van der Waals surface area contributed by atoms with Gasteiger partial charge in [-0.15, -0.1) is 0 Å². The molecule has 21 heavy (non-hydrogen) atoms. The number of pyridine rings is 1. The Morgan fingerprint density at radius 2 is 1.95 bits per heavy atom. The number of nitrogens with one attached hydrogen (secondary N) is 1. The quantitative estimate of drug-likeness (QED) is 0.884. The van der Waals surface area contributed by atoms with Crippen molar-refractivity contribution in [3.05, 3.63) is 47.0 Å². The SMILES string of the molecule is Cc1ccc(CN(C)c2ccc(CNC(C)C)c(C)n2)o1. The van der Waals surface area contributed by atoms with Crippen molar-refractivity contribution in [3.8, 4) is 0 Å². The van der Waals surface area contributed by atoms with E-state index in [2.05, 4.69) is 43.1 Å². The summed E-state index contributed by atoms with van der Waals surface area (Å²) in [4.78, 5) is 6.80. The number of aryl methyl sites for hydroxylation is 2. The molecular formula is C17H25N3O. The monoisotopic (exact) mass is 287 g/mol. The molecule has 114 valence electrons. The predicted octanol–water partition coefficient (Wildman–Crippen LogP) is 3.43. The highest BCUT2D eigenvalue weighted by Crippen LogP contribution is 2.17. The molecule has 2 aromatic rings. The number of aromatic nitrogens is 1. The van der Waals surface area contributed by atoms with Crippen molar-refractivity contribution >= 4 is 5.82 Å². The molecular weight excluding hydrogens is 262 g/mol. The molecule has 2 heterocycles. The Labute approximate surface area is 127 Å². The van der Waals surface area contributed by atoms with E-state index < -0.39 is 0 Å². The van der Waals surface area contributed by atoms with Gasteiger partial charge < -0.3 is 14.6 Å². The van der Waals surface area contributed by atoms with Gasteiger partial charge in [0.1, 0.15) is 17.3 Å². The highest BCUT2D eigenvalue weighted by atomic mass is 16.3. The zero-order valence-corrected chi connectivity index (χ0v) is 13.6. The van der Waals surface area contributed by atoms with Gasteiger partial charge in [-0.25, -0.2) is 4.98 Å². The fraction of sp³-hybridized carbons (Fsp3) is 0.471. The van der Waals surface area contributed by atoms with Gasteiger partial charge in [0.2, 0.25) is 0 Å². The van der Waals surface area contributed by atoms with Crippen molar-refractivity contribution in [2.45, 2.75) is 46.8 Å². The van der Waals surface area contributed by atoms with Gasteiger partial charge in [0.05, 0.1) is 6.54 Å². The van der Waals surface area contributed by atoms with Crippen LogP contribution in [0.1, 0.15) is 36.6 Å². The van der Waals surface area contributed by atoms with Crippen molar-refractivity contribution in [1.29, 1.82) is 0 Å². The van der Waals surface area contributed by atoms with Crippen LogP contribution < -0.4 is 10.2 Å². The van der Waals surface area contributed by atoms with Gasteiger partial charge in [-0.05, 0) is 37.6 Å². The Hall–Kier alpha value is -1.81. The topological polar surface area (TPSA) is 41.3 Å². The number of nitrogens with zero attached hydrogens (tertiary/aromatic N) is 2. The average Bonchev–Trinajstić information content (AvgIpc) is 2.82. The second-order valence-corrected chi connectivity index (χ2v) is 5.82. The van der Waals surface area contributed by atoms with E-state index in [1.807, 2.05) is 26.1 Å². The summed E-state index contributed by atoms with van der Waals surface area (Å²) in [5.74, 6) is 2.87. The molecule has 0 bridgehead atoms. The Morgan fingerprint density at radius 3 is 2.52 bits per heavy atom. The molecule has 4 nitrogen and oxygen atoms in total. The maximum atomic E-state index is 5.62. The molecule has 4 heteroatoms. The van der Waals surface area contributed by atoms with Gasteiger partial charge in [0.15, 0.2) is 0 Å². The van der Waals surface area contributed by atoms with E-state index in [1.54, 1.807) is 0 Å². The Kier molecular flexibility index (Phi) is 5.02. The van der Waals surface area contributed by atoms with E-state index in [0.29, 0.717) is 6.04 Å². The van der Waals surface area contributed by atoms with E-state index in [0.717, 1.165) is 36.1 Å². The van der Waals surface area contributed by atoms with Crippen LogP contribution in [0.5, 0.6) is 0 Å². The molecule has 0 spiro atoms. The first-order valence-corrected chi connectivity index (χ1v) is 7.42. The highest BCUT2D eigenvalue weighted by Gasteiger charge is 2.09. The highest BCUT2D eigenvalue weighted by molar-refractivity contribution is 5.41. The van der Waals surface area contributed by atoms with Gasteiger partial charge in [-0.1, -0.05) is 19.9 Å². The fourth-order valence-electron chi connectivity index (χ4n) is 2.18. The zero-order valence-electron chi connectivity index (χ0n) is 13.6. The van der Waals surface area contributed by atoms with Crippen LogP contribution in [0.15, 0.2) is 28.7 Å². The standard InChI is InChI=1S/C17H25N3O/c1-12(2)18-10-15-7-9-17(19-14(15)4)20(5)11-16-8-6-13(3)21-16/h6-9,12,18H,10-11H2,1-5H3. The summed E-state index contributed by atoms with van der Waals surface area (Å²) in [6.45, 7) is 9.91. The van der Waals surface area contributed by atoms with Crippen LogP contribution in [0, 0.1) is 13.8 Å². The van der Waals surface area contributed by atoms with Crippen LogP contribution >= 0.6 is 0 Å². The molecule has 0 atom stereocenters. The van der Waals surface area contributed by atoms with Gasteiger partial charge in [-0.2, -0.15) is 0 Å². The Bertz CT molecular complexity index is 589. The first kappa shape index (κ1) is 15.6. The summed E-state index contributed by atoms with van der Waals surface area (Å²) in [6.07, 6.45) is 0. The molecule has 2 rings (SSSR count). The third-order valence-electron chi connectivity index (χ3n) is 3.46. The maximum absolute atomic E-state index is 5.62. The predicted molar refractivity (Wildman–Crippen MR) is 86.5 cm³/mol. The molecule has 2 aromatic heterocycles. The van der Waals surface area contributed by atoms with Crippen molar-refractivity contribution < 1.29 is 4.42 Å². The van der Waals surface area contributed by atoms with Crippen molar-refractivity contribution in [2.75, 3.05) is 11.9 Å². The lowest BCUT2D eigenvalue weighted by Crippen LogP contribution is -2.23. The molecule has 0 unspecified atom stereocenters. The van der Waals surface area contributed by atoms with Crippen molar-refractivity contribution in [1.82, 2.24) is 10.3 Å². The number of furan rings is 1. The van der Waals surface area contributed by atoms with Gasteiger partial charge in [0.25, 0.3) is 0 Å². The van der Waals surface area contributed by atoms with Crippen LogP contribution in [-0.2, 0) is 13.1 Å². The first-order valence-electron chi connectivity index (χ1n) is 7.42. The van der Waals surface area contributed by atoms with Crippen molar-refractivity contribution in [3.63, 3.8) is 0 Å². The summed E-state index contributed by atoms with van der Waals surface area (Å²) < 4.78 is 5.62. The first-order chi connectivity index (χ1) is 9.95. The van der Waals surface area contributed by atoms with Crippen LogP contribution in [-0.4, -0.2) is 18.1 Å².